The van der Waals surface area contributed by atoms with E-state index in [4.69, 9.17) is 0 Å². The normalized spacial score (nSPS) is 22.5. The first-order valence-corrected chi connectivity index (χ1v) is 12.7. The lowest BCUT2D eigenvalue weighted by Crippen LogP contribution is -2.44. The molecule has 2 aliphatic heterocycles. The molecular formula is C24H30N2O3S. The van der Waals surface area contributed by atoms with E-state index in [9.17, 15) is 13.2 Å². The quantitative estimate of drug-likeness (QED) is 0.729. The zero-order chi connectivity index (χ0) is 21.3. The number of amides is 1. The molecule has 2 aliphatic rings. The van der Waals surface area contributed by atoms with E-state index >= 15 is 0 Å². The van der Waals surface area contributed by atoms with Crippen LogP contribution in [0.3, 0.4) is 0 Å². The van der Waals surface area contributed by atoms with Gasteiger partial charge in [0.2, 0.25) is 0 Å². The van der Waals surface area contributed by atoms with Gasteiger partial charge in [-0.3, -0.25) is 9.69 Å². The first kappa shape index (κ1) is 21.1. The van der Waals surface area contributed by atoms with Gasteiger partial charge in [-0.05, 0) is 74.5 Å². The predicted molar refractivity (Wildman–Crippen MR) is 119 cm³/mol. The highest BCUT2D eigenvalue weighted by Gasteiger charge is 2.32. The van der Waals surface area contributed by atoms with Crippen LogP contribution in [0.1, 0.15) is 43.0 Å². The van der Waals surface area contributed by atoms with Crippen molar-refractivity contribution in [1.29, 1.82) is 0 Å². The Kier molecular flexibility index (Phi) is 5.98. The number of rotatable bonds is 5. The second-order valence-electron chi connectivity index (χ2n) is 8.65. The van der Waals surface area contributed by atoms with Gasteiger partial charge in [0.1, 0.15) is 0 Å². The molecule has 4 rings (SSSR count). The number of sulfone groups is 1. The number of carbonyl (C=O) groups excluding carboxylic acids is 1. The van der Waals surface area contributed by atoms with Crippen molar-refractivity contribution in [2.75, 3.05) is 25.9 Å². The largest absolute Gasteiger partial charge is 0.334 e. The van der Waals surface area contributed by atoms with E-state index in [1.54, 1.807) is 24.3 Å². The number of benzene rings is 2. The zero-order valence-electron chi connectivity index (χ0n) is 17.8. The molecule has 0 bridgehead atoms. The van der Waals surface area contributed by atoms with E-state index in [1.165, 1.54) is 19.1 Å². The molecule has 5 nitrogen and oxygen atoms in total. The maximum atomic E-state index is 13.2. The van der Waals surface area contributed by atoms with Crippen LogP contribution in [0.5, 0.6) is 0 Å². The maximum Gasteiger partial charge on any atom is 0.254 e. The molecule has 2 saturated heterocycles. The monoisotopic (exact) mass is 426 g/mol. The zero-order valence-corrected chi connectivity index (χ0v) is 18.6. The van der Waals surface area contributed by atoms with Crippen molar-refractivity contribution in [3.63, 3.8) is 0 Å². The van der Waals surface area contributed by atoms with Crippen LogP contribution >= 0.6 is 0 Å². The summed E-state index contributed by atoms with van der Waals surface area (Å²) in [6.07, 6.45) is 5.88. The van der Waals surface area contributed by atoms with Crippen molar-refractivity contribution in [3.8, 4) is 11.1 Å². The highest BCUT2D eigenvalue weighted by Crippen LogP contribution is 2.26. The van der Waals surface area contributed by atoms with Crippen molar-refractivity contribution >= 4 is 15.7 Å². The topological polar surface area (TPSA) is 57.7 Å². The molecule has 2 atom stereocenters. The number of hydrogen-bond donors (Lipinski definition) is 0. The molecule has 160 valence electrons. The minimum Gasteiger partial charge on any atom is -0.334 e. The molecule has 0 spiro atoms. The summed E-state index contributed by atoms with van der Waals surface area (Å²) < 4.78 is 23.3. The summed E-state index contributed by atoms with van der Waals surface area (Å²) in [6.45, 7) is 5.25. The fraction of sp³-hybridized carbons (Fsp3) is 0.458. The van der Waals surface area contributed by atoms with Crippen LogP contribution in [0.25, 0.3) is 11.1 Å². The van der Waals surface area contributed by atoms with Crippen LogP contribution in [0.15, 0.2) is 53.4 Å². The molecule has 1 amide bonds. The van der Waals surface area contributed by atoms with E-state index in [1.807, 2.05) is 24.3 Å². The van der Waals surface area contributed by atoms with E-state index in [0.717, 1.165) is 43.6 Å². The molecule has 0 N–H and O–H groups in total. The average molecular weight is 427 g/mol. The van der Waals surface area contributed by atoms with E-state index in [2.05, 4.69) is 16.7 Å². The Labute approximate surface area is 179 Å². The van der Waals surface area contributed by atoms with Crippen molar-refractivity contribution in [1.82, 2.24) is 9.80 Å². The smallest absolute Gasteiger partial charge is 0.254 e. The molecule has 0 radical (unpaired) electrons. The molecule has 2 aromatic rings. The number of likely N-dealkylation sites (tertiary alicyclic amines) is 2. The third-order valence-corrected chi connectivity index (χ3v) is 7.65. The molecular weight excluding hydrogens is 396 g/mol. The summed E-state index contributed by atoms with van der Waals surface area (Å²) >= 11 is 0. The summed E-state index contributed by atoms with van der Waals surface area (Å²) in [4.78, 5) is 18.1. The average Bonchev–Trinajstić information content (AvgIpc) is 3.36. The third-order valence-electron chi connectivity index (χ3n) is 6.52. The Morgan fingerprint density at radius 1 is 0.933 bits per heavy atom. The van der Waals surface area contributed by atoms with Crippen LogP contribution in [0, 0.1) is 0 Å². The highest BCUT2D eigenvalue weighted by atomic mass is 32.2. The summed E-state index contributed by atoms with van der Waals surface area (Å²) in [5.74, 6) is 0.114. The summed E-state index contributed by atoms with van der Waals surface area (Å²) in [5, 5.41) is 0. The minimum atomic E-state index is -3.20. The molecule has 2 fully saturated rings. The molecule has 2 heterocycles. The summed E-state index contributed by atoms with van der Waals surface area (Å²) in [6, 6.07) is 15.4. The Morgan fingerprint density at radius 2 is 1.53 bits per heavy atom. The SMILES string of the molecule is CC1CCCN1CC1CCCN1C(=O)c1ccc(-c2ccc(S(C)(=O)=O)cc2)cc1. The van der Waals surface area contributed by atoms with Crippen molar-refractivity contribution in [3.05, 3.63) is 54.1 Å². The maximum absolute atomic E-state index is 13.2. The fourth-order valence-corrected chi connectivity index (χ4v) is 5.32. The Hall–Kier alpha value is -2.18. The molecule has 0 aliphatic carbocycles. The number of carbonyl (C=O) groups is 1. The van der Waals surface area contributed by atoms with Gasteiger partial charge >= 0.3 is 0 Å². The van der Waals surface area contributed by atoms with Crippen LogP contribution in [-0.2, 0) is 9.84 Å². The Morgan fingerprint density at radius 3 is 2.10 bits per heavy atom. The molecule has 2 aromatic carbocycles. The van der Waals surface area contributed by atoms with Gasteiger partial charge in [0.15, 0.2) is 9.84 Å². The second kappa shape index (κ2) is 8.52. The third kappa shape index (κ3) is 4.44. The minimum absolute atomic E-state index is 0.114. The van der Waals surface area contributed by atoms with Crippen LogP contribution in [-0.4, -0.2) is 62.1 Å². The van der Waals surface area contributed by atoms with Crippen LogP contribution in [0.4, 0.5) is 0 Å². The summed E-state index contributed by atoms with van der Waals surface area (Å²) in [7, 11) is -3.20. The molecule has 0 aromatic heterocycles. The van der Waals surface area contributed by atoms with Gasteiger partial charge in [-0.25, -0.2) is 8.42 Å². The lowest BCUT2D eigenvalue weighted by atomic mass is 10.0. The Bertz CT molecular complexity index is 1000. The van der Waals surface area contributed by atoms with Gasteiger partial charge in [0.25, 0.3) is 5.91 Å². The van der Waals surface area contributed by atoms with Gasteiger partial charge in [-0.2, -0.15) is 0 Å². The predicted octanol–water partition coefficient (Wildman–Crippen LogP) is 3.85. The number of hydrogen-bond acceptors (Lipinski definition) is 4. The first-order valence-electron chi connectivity index (χ1n) is 10.8. The van der Waals surface area contributed by atoms with Gasteiger partial charge in [-0.15, -0.1) is 0 Å². The molecule has 2 unspecified atom stereocenters. The molecule has 6 heteroatoms. The summed E-state index contributed by atoms with van der Waals surface area (Å²) in [5.41, 5.74) is 2.62. The standard InChI is InChI=1S/C24H30N2O3S/c1-18-5-3-15-25(18)17-22-6-4-16-26(22)24(27)21-9-7-19(8-10-21)20-11-13-23(14-12-20)30(2,28)29/h7-14,18,22H,3-6,15-17H2,1-2H3. The van der Waals surface area contributed by atoms with E-state index in [0.29, 0.717) is 22.5 Å². The molecule has 0 saturated carbocycles. The first-order chi connectivity index (χ1) is 14.3. The van der Waals surface area contributed by atoms with Gasteiger partial charge in [0.05, 0.1) is 4.90 Å². The van der Waals surface area contributed by atoms with E-state index in [-0.39, 0.29) is 5.91 Å². The van der Waals surface area contributed by atoms with Gasteiger partial charge in [-0.1, -0.05) is 24.3 Å². The van der Waals surface area contributed by atoms with Crippen LogP contribution < -0.4 is 0 Å². The Balaban J connectivity index is 1.46. The lowest BCUT2D eigenvalue weighted by molar-refractivity contribution is 0.0696. The second-order valence-corrected chi connectivity index (χ2v) is 10.7. The highest BCUT2D eigenvalue weighted by molar-refractivity contribution is 7.90. The van der Waals surface area contributed by atoms with Crippen LogP contribution in [0.2, 0.25) is 0 Å². The molecule has 30 heavy (non-hydrogen) atoms. The lowest BCUT2D eigenvalue weighted by Gasteiger charge is -2.30. The van der Waals surface area contributed by atoms with Crippen molar-refractivity contribution in [2.45, 2.75) is 49.6 Å². The van der Waals surface area contributed by atoms with Crippen molar-refractivity contribution < 1.29 is 13.2 Å². The fourth-order valence-electron chi connectivity index (χ4n) is 4.69. The van der Waals surface area contributed by atoms with Gasteiger partial charge < -0.3 is 4.90 Å². The van der Waals surface area contributed by atoms with Crippen molar-refractivity contribution in [2.24, 2.45) is 0 Å². The number of nitrogens with zero attached hydrogens (tertiary/aromatic N) is 2. The van der Waals surface area contributed by atoms with Gasteiger partial charge in [0, 0.05) is 37.0 Å². The van der Waals surface area contributed by atoms with E-state index < -0.39 is 9.84 Å².